The maximum absolute atomic E-state index is 16.2. The molecule has 1 aliphatic rings. The van der Waals surface area contributed by atoms with Gasteiger partial charge in [-0.1, -0.05) is 0 Å². The summed E-state index contributed by atoms with van der Waals surface area (Å²) in [5, 5.41) is 0. The molecule has 16 heteroatoms. The molecule has 0 aliphatic carbocycles. The van der Waals surface area contributed by atoms with E-state index in [0.717, 1.165) is 4.47 Å². The van der Waals surface area contributed by atoms with Crippen molar-refractivity contribution in [2.45, 2.75) is 26.3 Å². The molecule has 2 heterocycles. The van der Waals surface area contributed by atoms with Gasteiger partial charge in [-0.25, -0.2) is 0 Å². The Morgan fingerprint density at radius 1 is 1.22 bits per heavy atom. The van der Waals surface area contributed by atoms with Gasteiger partial charge >= 0.3 is 230 Å². The summed E-state index contributed by atoms with van der Waals surface area (Å²) in [6, 6.07) is 5.34. The fourth-order valence-electron chi connectivity index (χ4n) is 3.65. The van der Waals surface area contributed by atoms with Gasteiger partial charge in [-0.15, -0.1) is 0 Å². The maximum atomic E-state index is 16.2. The van der Waals surface area contributed by atoms with Gasteiger partial charge in [0.05, 0.1) is 0 Å². The summed E-state index contributed by atoms with van der Waals surface area (Å²) in [7, 11) is -8.19. The molecule has 0 spiro atoms. The molecular weight excluding hydrogens is 670 g/mol. The Balaban J connectivity index is 1.95. The van der Waals surface area contributed by atoms with Crippen molar-refractivity contribution in [1.82, 2.24) is 5.48 Å². The van der Waals surface area contributed by atoms with E-state index in [2.05, 4.69) is 21.4 Å². The summed E-state index contributed by atoms with van der Waals surface area (Å²) in [6.45, 7) is 2.35. The van der Waals surface area contributed by atoms with Crippen LogP contribution in [-0.4, -0.2) is 66.5 Å². The first-order chi connectivity index (χ1) is 17.0. The van der Waals surface area contributed by atoms with Gasteiger partial charge in [0.2, 0.25) is 0 Å². The number of nitrogens with one attached hydrogen (secondary N) is 1. The van der Waals surface area contributed by atoms with Crippen molar-refractivity contribution < 1.29 is 34.6 Å². The molecule has 1 aromatic carbocycles. The van der Waals surface area contributed by atoms with Crippen molar-refractivity contribution in [2.24, 2.45) is 0 Å². The second kappa shape index (κ2) is 12.7. The van der Waals surface area contributed by atoms with Crippen LogP contribution < -0.4 is 19.8 Å². The Morgan fingerprint density at radius 3 is 2.64 bits per heavy atom. The van der Waals surface area contributed by atoms with Crippen molar-refractivity contribution in [3.8, 4) is 0 Å². The molecule has 1 aromatic heterocycles. The zero-order valence-electron chi connectivity index (χ0n) is 19.2. The predicted molar refractivity (Wildman–Crippen MR) is 139 cm³/mol. The van der Waals surface area contributed by atoms with E-state index in [-0.39, 0.29) is 58.0 Å². The van der Waals surface area contributed by atoms with Crippen molar-refractivity contribution in [1.29, 1.82) is 0 Å². The van der Waals surface area contributed by atoms with Crippen LogP contribution in [0.4, 0.5) is 15.8 Å². The molecule has 0 atom stereocenters. The minimum absolute atomic E-state index is 0.0537. The van der Waals surface area contributed by atoms with Gasteiger partial charge in [-0.05, 0) is 0 Å². The first kappa shape index (κ1) is 29.5. The zero-order valence-corrected chi connectivity index (χ0v) is 24.9. The zero-order chi connectivity index (χ0) is 26.5. The van der Waals surface area contributed by atoms with Crippen LogP contribution in [0.15, 0.2) is 39.6 Å². The summed E-state index contributed by atoms with van der Waals surface area (Å²) in [4.78, 5) is 5.08. The van der Waals surface area contributed by atoms with Crippen LogP contribution in [0.25, 0.3) is 5.83 Å². The third kappa shape index (κ3) is 7.51. The number of aromatic nitrogens is 1. The van der Waals surface area contributed by atoms with Crippen LogP contribution in [0, 0.1) is 0 Å². The van der Waals surface area contributed by atoms with Crippen LogP contribution >= 0.6 is 27.5 Å². The molecule has 0 radical (unpaired) electrons. The number of halogens is 3. The SMILES string of the molecule is CCNOS(=O)(=O)CCCN1C(=C(F)c2[se]cc[n+]2CCCS(=O)(=O)[O-])N(CCl)c2ccc(Br)cc21. The van der Waals surface area contributed by atoms with E-state index in [1.807, 2.05) is 0 Å². The van der Waals surface area contributed by atoms with E-state index in [9.17, 15) is 21.4 Å². The number of fused-ring (bicyclic) bond motifs is 1. The van der Waals surface area contributed by atoms with Crippen LogP contribution in [0.5, 0.6) is 0 Å². The normalized spacial score (nSPS) is 15.5. The molecule has 1 N–H and O–H groups in total. The van der Waals surface area contributed by atoms with Gasteiger partial charge in [-0.3, -0.25) is 0 Å². The number of hydrogen-bond donors (Lipinski definition) is 1. The monoisotopic (exact) mass is 694 g/mol. The number of hydrogen-bond acceptors (Lipinski definition) is 9. The number of rotatable bonds is 13. The van der Waals surface area contributed by atoms with E-state index in [1.54, 1.807) is 50.6 Å². The molecule has 10 nitrogen and oxygen atoms in total. The summed E-state index contributed by atoms with van der Waals surface area (Å²) in [6.07, 6.45) is 1.88. The molecule has 1 aliphatic heterocycles. The van der Waals surface area contributed by atoms with Crippen molar-refractivity contribution >= 4 is 79.5 Å². The topological polar surface area (TPSA) is 123 Å². The van der Waals surface area contributed by atoms with Gasteiger partial charge in [-0.2, -0.15) is 0 Å². The van der Waals surface area contributed by atoms with Gasteiger partial charge in [0.15, 0.2) is 0 Å². The van der Waals surface area contributed by atoms with Crippen LogP contribution in [0.1, 0.15) is 24.3 Å². The number of benzene rings is 1. The van der Waals surface area contributed by atoms with Crippen LogP contribution in [0.2, 0.25) is 0 Å². The van der Waals surface area contributed by atoms with E-state index in [1.165, 1.54) is 0 Å². The predicted octanol–water partition coefficient (Wildman–Crippen LogP) is 2.11. The van der Waals surface area contributed by atoms with Crippen LogP contribution in [-0.2, 0) is 31.1 Å². The Bertz CT molecular complexity index is 1330. The number of nitrogens with zero attached hydrogens (tertiary/aromatic N) is 3. The van der Waals surface area contributed by atoms with Crippen LogP contribution in [0.3, 0.4) is 0 Å². The summed E-state index contributed by atoms with van der Waals surface area (Å²) < 4.78 is 80.7. The van der Waals surface area contributed by atoms with E-state index >= 15 is 4.39 Å². The number of alkyl halides is 1. The average Bonchev–Trinajstić information content (AvgIpc) is 3.38. The molecule has 36 heavy (non-hydrogen) atoms. The summed E-state index contributed by atoms with van der Waals surface area (Å²) >= 11 is 9.30. The second-order valence-corrected chi connectivity index (χ2v) is 13.9. The number of aryl methyl sites for hydroxylation is 1. The third-order valence-corrected chi connectivity index (χ3v) is 9.67. The molecular formula is C20H25BrClFN4O6S2Se. The fraction of sp³-hybridized carbons (Fsp3) is 0.450. The molecule has 200 valence electrons. The summed E-state index contributed by atoms with van der Waals surface area (Å²) in [5.74, 6) is -1.21. The molecule has 0 amide bonds. The van der Waals surface area contributed by atoms with E-state index in [0.29, 0.717) is 22.5 Å². The Hall–Kier alpha value is -1.03. The first-order valence-corrected chi connectivity index (χ1v) is 17.2. The van der Waals surface area contributed by atoms with Crippen molar-refractivity contribution in [3.63, 3.8) is 0 Å². The third-order valence-electron chi connectivity index (χ3n) is 5.11. The Kier molecular flexibility index (Phi) is 10.4. The fourth-order valence-corrected chi connectivity index (χ4v) is 7.31. The van der Waals surface area contributed by atoms with E-state index < -0.39 is 31.8 Å². The molecule has 0 bridgehead atoms. The molecule has 3 rings (SSSR count). The molecule has 0 saturated heterocycles. The molecule has 0 saturated carbocycles. The summed E-state index contributed by atoms with van der Waals surface area (Å²) in [5.41, 5.74) is 3.64. The molecule has 2 aromatic rings. The molecule has 0 unspecified atom stereocenters. The molecule has 0 fully saturated rings. The minimum atomic E-state index is -4.37. The quantitative estimate of drug-likeness (QED) is 0.0839. The average molecular weight is 695 g/mol. The van der Waals surface area contributed by atoms with E-state index in [4.69, 9.17) is 15.9 Å². The second-order valence-electron chi connectivity index (χ2n) is 7.68. The Morgan fingerprint density at radius 2 is 1.97 bits per heavy atom. The Labute approximate surface area is 229 Å². The number of anilines is 2. The first-order valence-electron chi connectivity index (χ1n) is 10.8. The van der Waals surface area contributed by atoms with Gasteiger partial charge in [0.25, 0.3) is 0 Å². The van der Waals surface area contributed by atoms with Gasteiger partial charge in [0, 0.05) is 0 Å². The standard InChI is InChI=1S/C20H25BrClFN4O6S2Se/c1-2-24-33-35(31,32)11-4-8-26-17-13-15(21)5-6-16(17)27(14-22)19(26)18(23)20-25(9-12-36-20)7-3-10-34(28,29)30/h5-6,9,12-13,24H,2-4,7-8,10-11,14H2,1H3. The van der Waals surface area contributed by atoms with Crippen molar-refractivity contribution in [3.05, 3.63) is 44.2 Å². The number of hydroxylamine groups is 1. The van der Waals surface area contributed by atoms with Crippen molar-refractivity contribution in [2.75, 3.05) is 40.4 Å². The van der Waals surface area contributed by atoms with Gasteiger partial charge < -0.3 is 0 Å². The van der Waals surface area contributed by atoms with Gasteiger partial charge in [0.1, 0.15) is 0 Å².